The van der Waals surface area contributed by atoms with Gasteiger partial charge in [-0.25, -0.2) is 0 Å². The highest BCUT2D eigenvalue weighted by atomic mass is 35.5. The molecule has 2 rings (SSSR count). The van der Waals surface area contributed by atoms with Gasteiger partial charge in [0.2, 0.25) is 5.91 Å². The molecule has 1 aromatic heterocycles. The number of nitrogens with one attached hydrogen (secondary N) is 1. The van der Waals surface area contributed by atoms with Crippen molar-refractivity contribution in [2.24, 2.45) is 0 Å². The van der Waals surface area contributed by atoms with Crippen LogP contribution < -0.4 is 11.1 Å². The molecule has 6 heteroatoms. The molecule has 0 bridgehead atoms. The van der Waals surface area contributed by atoms with E-state index in [1.165, 1.54) is 10.9 Å². The molecule has 0 spiro atoms. The average molecular weight is 265 g/mol. The fraction of sp³-hybridized carbons (Fsp3) is 0.167. The number of halogens is 1. The first-order valence-electron chi connectivity index (χ1n) is 5.38. The first-order valence-corrected chi connectivity index (χ1v) is 5.76. The van der Waals surface area contributed by atoms with E-state index in [2.05, 4.69) is 10.4 Å². The fourth-order valence-corrected chi connectivity index (χ4v) is 1.70. The number of benzene rings is 1. The Hall–Kier alpha value is -2.01. The van der Waals surface area contributed by atoms with Crippen molar-refractivity contribution in [1.82, 2.24) is 9.78 Å². The molecular formula is C12H13ClN4O. The number of carbonyl (C=O) groups excluding carboxylic acids is 1. The van der Waals surface area contributed by atoms with Crippen LogP contribution >= 0.6 is 11.6 Å². The zero-order chi connectivity index (χ0) is 13.1. The van der Waals surface area contributed by atoms with Crippen LogP contribution in [0.5, 0.6) is 0 Å². The van der Waals surface area contributed by atoms with Crippen molar-refractivity contribution >= 4 is 28.9 Å². The molecule has 2 aromatic rings. The third-order valence-corrected chi connectivity index (χ3v) is 2.68. The van der Waals surface area contributed by atoms with E-state index in [9.17, 15) is 4.79 Å². The minimum atomic E-state index is -0.203. The summed E-state index contributed by atoms with van der Waals surface area (Å²) in [5, 5.41) is 7.18. The van der Waals surface area contributed by atoms with E-state index in [0.29, 0.717) is 16.4 Å². The van der Waals surface area contributed by atoms with Crippen LogP contribution in [-0.2, 0) is 11.3 Å². The van der Waals surface area contributed by atoms with E-state index in [4.69, 9.17) is 17.3 Å². The fourth-order valence-electron chi connectivity index (χ4n) is 1.54. The highest BCUT2D eigenvalue weighted by Crippen LogP contribution is 2.22. The molecule has 1 aromatic carbocycles. The maximum Gasteiger partial charge on any atom is 0.246 e. The van der Waals surface area contributed by atoms with Gasteiger partial charge in [0.05, 0.1) is 22.6 Å². The van der Waals surface area contributed by atoms with Crippen molar-refractivity contribution in [3.05, 3.63) is 41.2 Å². The van der Waals surface area contributed by atoms with E-state index in [-0.39, 0.29) is 12.5 Å². The van der Waals surface area contributed by atoms with Gasteiger partial charge in [0, 0.05) is 6.20 Å². The molecular weight excluding hydrogens is 252 g/mol. The Kier molecular flexibility index (Phi) is 3.53. The summed E-state index contributed by atoms with van der Waals surface area (Å²) in [5.41, 5.74) is 7.66. The average Bonchev–Trinajstić information content (AvgIpc) is 2.69. The van der Waals surface area contributed by atoms with Gasteiger partial charge in [-0.3, -0.25) is 9.48 Å². The third-order valence-electron chi connectivity index (χ3n) is 2.35. The van der Waals surface area contributed by atoms with Gasteiger partial charge in [-0.1, -0.05) is 17.7 Å². The van der Waals surface area contributed by atoms with Crippen LogP contribution in [0, 0.1) is 6.92 Å². The van der Waals surface area contributed by atoms with Crippen LogP contribution in [0.4, 0.5) is 11.4 Å². The number of aromatic nitrogens is 2. The molecule has 0 radical (unpaired) electrons. The van der Waals surface area contributed by atoms with Gasteiger partial charge in [-0.15, -0.1) is 0 Å². The van der Waals surface area contributed by atoms with Crippen molar-refractivity contribution in [1.29, 1.82) is 0 Å². The molecule has 94 valence electrons. The van der Waals surface area contributed by atoms with Crippen molar-refractivity contribution < 1.29 is 4.79 Å². The summed E-state index contributed by atoms with van der Waals surface area (Å²) in [6.07, 6.45) is 3.09. The molecule has 0 atom stereocenters. The lowest BCUT2D eigenvalue weighted by molar-refractivity contribution is -0.116. The Bertz CT molecular complexity index is 579. The summed E-state index contributed by atoms with van der Waals surface area (Å²) in [4.78, 5) is 11.8. The molecule has 5 nitrogen and oxygen atoms in total. The lowest BCUT2D eigenvalue weighted by atomic mass is 10.2. The molecule has 1 heterocycles. The number of anilines is 2. The Morgan fingerprint density at radius 1 is 1.56 bits per heavy atom. The van der Waals surface area contributed by atoms with Crippen LogP contribution in [-0.4, -0.2) is 15.7 Å². The van der Waals surface area contributed by atoms with Crippen LogP contribution in [0.15, 0.2) is 30.6 Å². The maximum atomic E-state index is 11.8. The van der Waals surface area contributed by atoms with Gasteiger partial charge in [-0.05, 0) is 24.6 Å². The number of aryl methyl sites for hydroxylation is 1. The predicted octanol–water partition coefficient (Wildman–Crippen LogP) is 2.07. The van der Waals surface area contributed by atoms with Crippen LogP contribution in [0.25, 0.3) is 0 Å². The SMILES string of the molecule is Cc1ccc(Cl)c(NC(=O)Cn2cc(N)cn2)c1. The van der Waals surface area contributed by atoms with Crippen LogP contribution in [0.2, 0.25) is 5.02 Å². The minimum Gasteiger partial charge on any atom is -0.396 e. The standard InChI is InChI=1S/C12H13ClN4O/c1-8-2-3-10(13)11(4-8)16-12(18)7-17-6-9(14)5-15-17/h2-6H,7,14H2,1H3,(H,16,18). The Morgan fingerprint density at radius 2 is 2.33 bits per heavy atom. The Balaban J connectivity index is 2.05. The zero-order valence-corrected chi connectivity index (χ0v) is 10.6. The molecule has 1 amide bonds. The molecule has 0 aliphatic carbocycles. The minimum absolute atomic E-state index is 0.0987. The number of amides is 1. The summed E-state index contributed by atoms with van der Waals surface area (Å²) in [7, 11) is 0. The zero-order valence-electron chi connectivity index (χ0n) is 9.85. The van der Waals surface area contributed by atoms with Crippen molar-refractivity contribution in [3.63, 3.8) is 0 Å². The van der Waals surface area contributed by atoms with E-state index in [1.807, 2.05) is 19.1 Å². The normalized spacial score (nSPS) is 10.3. The Labute approximate surface area is 110 Å². The molecule has 0 saturated heterocycles. The molecule has 18 heavy (non-hydrogen) atoms. The van der Waals surface area contributed by atoms with Gasteiger partial charge >= 0.3 is 0 Å². The summed E-state index contributed by atoms with van der Waals surface area (Å²) < 4.78 is 1.47. The first kappa shape index (κ1) is 12.4. The quantitative estimate of drug-likeness (QED) is 0.891. The number of hydrogen-bond donors (Lipinski definition) is 2. The largest absolute Gasteiger partial charge is 0.396 e. The van der Waals surface area contributed by atoms with E-state index < -0.39 is 0 Å². The lowest BCUT2D eigenvalue weighted by Crippen LogP contribution is -2.19. The van der Waals surface area contributed by atoms with Gasteiger partial charge in [0.15, 0.2) is 0 Å². The van der Waals surface area contributed by atoms with Crippen molar-refractivity contribution in [2.45, 2.75) is 13.5 Å². The summed E-state index contributed by atoms with van der Waals surface area (Å²) >= 11 is 5.99. The summed E-state index contributed by atoms with van der Waals surface area (Å²) in [6.45, 7) is 2.03. The van der Waals surface area contributed by atoms with Gasteiger partial charge in [0.1, 0.15) is 6.54 Å². The summed E-state index contributed by atoms with van der Waals surface area (Å²) in [6, 6.07) is 5.45. The van der Waals surface area contributed by atoms with Crippen LogP contribution in [0.3, 0.4) is 0 Å². The van der Waals surface area contributed by atoms with Gasteiger partial charge in [-0.2, -0.15) is 5.10 Å². The molecule has 0 aliphatic rings. The molecule has 0 saturated carbocycles. The second-order valence-electron chi connectivity index (χ2n) is 4.00. The second-order valence-corrected chi connectivity index (χ2v) is 4.41. The van der Waals surface area contributed by atoms with E-state index in [1.54, 1.807) is 12.3 Å². The highest BCUT2D eigenvalue weighted by molar-refractivity contribution is 6.33. The number of nitrogens with zero attached hydrogens (tertiary/aromatic N) is 2. The van der Waals surface area contributed by atoms with Crippen LogP contribution in [0.1, 0.15) is 5.56 Å². The summed E-state index contributed by atoms with van der Waals surface area (Å²) in [5.74, 6) is -0.203. The van der Waals surface area contributed by atoms with Crippen molar-refractivity contribution in [3.8, 4) is 0 Å². The van der Waals surface area contributed by atoms with E-state index in [0.717, 1.165) is 5.56 Å². The number of nitrogen functional groups attached to an aromatic ring is 1. The molecule has 0 aliphatic heterocycles. The maximum absolute atomic E-state index is 11.8. The number of rotatable bonds is 3. The van der Waals surface area contributed by atoms with Gasteiger partial charge in [0.25, 0.3) is 0 Å². The predicted molar refractivity (Wildman–Crippen MR) is 71.5 cm³/mol. The Morgan fingerprint density at radius 3 is 3.00 bits per heavy atom. The van der Waals surface area contributed by atoms with Gasteiger partial charge < -0.3 is 11.1 Å². The molecule has 0 fully saturated rings. The third kappa shape index (κ3) is 3.01. The monoisotopic (exact) mass is 264 g/mol. The molecule has 0 unspecified atom stereocenters. The highest BCUT2D eigenvalue weighted by Gasteiger charge is 2.07. The first-order chi connectivity index (χ1) is 8.54. The smallest absolute Gasteiger partial charge is 0.246 e. The molecule has 3 N–H and O–H groups in total. The lowest BCUT2D eigenvalue weighted by Gasteiger charge is -2.08. The number of nitrogens with two attached hydrogens (primary N) is 1. The van der Waals surface area contributed by atoms with Crippen molar-refractivity contribution in [2.75, 3.05) is 11.1 Å². The second kappa shape index (κ2) is 5.10. The van der Waals surface area contributed by atoms with E-state index >= 15 is 0 Å². The number of carbonyl (C=O) groups is 1. The number of hydrogen-bond acceptors (Lipinski definition) is 3. The topological polar surface area (TPSA) is 72.9 Å².